The van der Waals surface area contributed by atoms with Gasteiger partial charge in [-0.1, -0.05) is 29.3 Å². The van der Waals surface area contributed by atoms with E-state index in [1.807, 2.05) is 18.2 Å². The van der Waals surface area contributed by atoms with Gasteiger partial charge in [-0.2, -0.15) is 0 Å². The molecule has 0 amide bonds. The first-order valence-electron chi connectivity index (χ1n) is 9.65. The smallest absolute Gasteiger partial charge is 0.112 e. The molecular weight excluding hydrogens is 372 g/mol. The molecule has 2 aliphatic rings. The van der Waals surface area contributed by atoms with Crippen LogP contribution in [0.2, 0.25) is 10.0 Å². The molecule has 0 bridgehead atoms. The van der Waals surface area contributed by atoms with E-state index in [1.165, 1.54) is 0 Å². The van der Waals surface area contributed by atoms with E-state index in [2.05, 4.69) is 28.8 Å². The topological polar surface area (TPSA) is 9.72 Å². The maximum Gasteiger partial charge on any atom is 0.112 e. The quantitative estimate of drug-likeness (QED) is 0.706. The molecule has 2 fully saturated rings. The molecule has 1 heterocycles. The van der Waals surface area contributed by atoms with Crippen LogP contribution in [0.4, 0.5) is 10.1 Å². The van der Waals surface area contributed by atoms with Gasteiger partial charge in [-0.15, -0.1) is 0 Å². The van der Waals surface area contributed by atoms with Crippen LogP contribution in [0.25, 0.3) is 0 Å². The molecule has 26 heavy (non-hydrogen) atoms. The van der Waals surface area contributed by atoms with Crippen LogP contribution in [0.1, 0.15) is 32.1 Å². The summed E-state index contributed by atoms with van der Waals surface area (Å²) >= 11 is 12.5. The summed E-state index contributed by atoms with van der Waals surface area (Å²) in [5.74, 6) is 0. The first-order valence-corrected chi connectivity index (χ1v) is 10.4. The highest BCUT2D eigenvalue weighted by Gasteiger charge is 2.36. The highest BCUT2D eigenvalue weighted by molar-refractivity contribution is 6.43. The van der Waals surface area contributed by atoms with Crippen LogP contribution in [0.3, 0.4) is 0 Å². The standard InChI is InChI=1S/C20H30Cl2FN3/c1-24(2)16-6-8-20(23,9-7-16)10-11-25-12-14-26(15-13-25)18-5-3-4-17(21)19(18)22/h3-5,16H,6-15H2,1-2H3. The van der Waals surface area contributed by atoms with Crippen LogP contribution < -0.4 is 4.90 Å². The summed E-state index contributed by atoms with van der Waals surface area (Å²) in [6.07, 6.45) is 4.02. The SMILES string of the molecule is CN(C)C1CCC(F)(CCN2CCN(c3cccc(Cl)c3Cl)CC2)CC1. The van der Waals surface area contributed by atoms with E-state index in [0.29, 0.717) is 35.3 Å². The molecule has 3 rings (SSSR count). The maximum absolute atomic E-state index is 15.1. The molecule has 1 aliphatic carbocycles. The molecule has 0 N–H and O–H groups in total. The van der Waals surface area contributed by atoms with Crippen molar-refractivity contribution in [2.75, 3.05) is 51.7 Å². The second-order valence-electron chi connectivity index (χ2n) is 8.00. The van der Waals surface area contributed by atoms with Gasteiger partial charge in [-0.3, -0.25) is 4.90 Å². The Hall–Kier alpha value is -0.550. The molecule has 1 saturated carbocycles. The summed E-state index contributed by atoms with van der Waals surface area (Å²) in [7, 11) is 4.20. The number of nitrogens with zero attached hydrogens (tertiary/aromatic N) is 3. The minimum Gasteiger partial charge on any atom is -0.368 e. The highest BCUT2D eigenvalue weighted by atomic mass is 35.5. The number of alkyl halides is 1. The zero-order chi connectivity index (χ0) is 18.7. The Kier molecular flexibility index (Phi) is 6.71. The second kappa shape index (κ2) is 8.64. The molecule has 0 unspecified atom stereocenters. The van der Waals surface area contributed by atoms with Crippen molar-refractivity contribution in [2.45, 2.75) is 43.8 Å². The van der Waals surface area contributed by atoms with Gasteiger partial charge in [0.25, 0.3) is 0 Å². The molecule has 0 aromatic heterocycles. The molecule has 1 aromatic rings. The Labute approximate surface area is 167 Å². The van der Waals surface area contributed by atoms with Gasteiger partial charge in [-0.25, -0.2) is 4.39 Å². The Morgan fingerprint density at radius 3 is 2.38 bits per heavy atom. The largest absolute Gasteiger partial charge is 0.368 e. The number of rotatable bonds is 5. The molecule has 0 spiro atoms. The zero-order valence-electron chi connectivity index (χ0n) is 15.9. The Balaban J connectivity index is 1.45. The van der Waals surface area contributed by atoms with Gasteiger partial charge in [-0.05, 0) is 58.3 Å². The summed E-state index contributed by atoms with van der Waals surface area (Å²) < 4.78 is 15.1. The lowest BCUT2D eigenvalue weighted by Gasteiger charge is -2.40. The van der Waals surface area contributed by atoms with Gasteiger partial charge in [0, 0.05) is 38.8 Å². The molecule has 6 heteroatoms. The van der Waals surface area contributed by atoms with E-state index in [-0.39, 0.29) is 0 Å². The lowest BCUT2D eigenvalue weighted by molar-refractivity contribution is 0.0499. The predicted molar refractivity (Wildman–Crippen MR) is 110 cm³/mol. The highest BCUT2D eigenvalue weighted by Crippen LogP contribution is 2.37. The first-order chi connectivity index (χ1) is 12.4. The van der Waals surface area contributed by atoms with Crippen LogP contribution in [-0.4, -0.2) is 68.3 Å². The fraction of sp³-hybridized carbons (Fsp3) is 0.700. The second-order valence-corrected chi connectivity index (χ2v) is 8.78. The zero-order valence-corrected chi connectivity index (χ0v) is 17.4. The third-order valence-electron chi connectivity index (χ3n) is 6.10. The normalized spacial score (nSPS) is 27.9. The number of hydrogen-bond acceptors (Lipinski definition) is 3. The molecular formula is C20H30Cl2FN3. The Bertz CT molecular complexity index is 595. The fourth-order valence-corrected chi connectivity index (χ4v) is 4.61. The van der Waals surface area contributed by atoms with Gasteiger partial charge in [0.2, 0.25) is 0 Å². The Morgan fingerprint density at radius 1 is 1.12 bits per heavy atom. The Morgan fingerprint density at radius 2 is 1.77 bits per heavy atom. The van der Waals surface area contributed by atoms with E-state index in [4.69, 9.17) is 23.2 Å². The van der Waals surface area contributed by atoms with Crippen LogP contribution in [0.5, 0.6) is 0 Å². The van der Waals surface area contributed by atoms with Crippen molar-refractivity contribution in [3.05, 3.63) is 28.2 Å². The van der Waals surface area contributed by atoms with Gasteiger partial charge < -0.3 is 9.80 Å². The summed E-state index contributed by atoms with van der Waals surface area (Å²) in [6.45, 7) is 4.54. The minimum absolute atomic E-state index is 0.546. The van der Waals surface area contributed by atoms with Crippen LogP contribution in [0, 0.1) is 0 Å². The minimum atomic E-state index is -0.972. The molecule has 1 aliphatic heterocycles. The number of benzene rings is 1. The van der Waals surface area contributed by atoms with Gasteiger partial charge in [0.15, 0.2) is 0 Å². The van der Waals surface area contributed by atoms with Crippen molar-refractivity contribution in [1.82, 2.24) is 9.80 Å². The number of hydrogen-bond donors (Lipinski definition) is 0. The summed E-state index contributed by atoms with van der Waals surface area (Å²) in [4.78, 5) is 6.90. The molecule has 0 radical (unpaired) electrons. The fourth-order valence-electron chi connectivity index (χ4n) is 4.19. The van der Waals surface area contributed by atoms with Crippen molar-refractivity contribution in [1.29, 1.82) is 0 Å². The van der Waals surface area contributed by atoms with E-state index in [0.717, 1.165) is 51.3 Å². The molecule has 0 atom stereocenters. The number of piperazine rings is 1. The number of anilines is 1. The van der Waals surface area contributed by atoms with Gasteiger partial charge in [0.1, 0.15) is 5.67 Å². The van der Waals surface area contributed by atoms with Crippen LogP contribution >= 0.6 is 23.2 Å². The van der Waals surface area contributed by atoms with Crippen LogP contribution in [-0.2, 0) is 0 Å². The van der Waals surface area contributed by atoms with E-state index in [1.54, 1.807) is 0 Å². The summed E-state index contributed by atoms with van der Waals surface area (Å²) in [5, 5.41) is 1.22. The van der Waals surface area contributed by atoms with Gasteiger partial charge in [0.05, 0.1) is 15.7 Å². The lowest BCUT2D eigenvalue weighted by Crippen LogP contribution is -2.48. The van der Waals surface area contributed by atoms with Gasteiger partial charge >= 0.3 is 0 Å². The average Bonchev–Trinajstić information content (AvgIpc) is 2.63. The summed E-state index contributed by atoms with van der Waals surface area (Å²) in [5.41, 5.74) is 0.0303. The molecule has 1 aromatic carbocycles. The predicted octanol–water partition coefficient (Wildman–Crippen LogP) is 4.72. The molecule has 3 nitrogen and oxygen atoms in total. The monoisotopic (exact) mass is 401 g/mol. The van der Waals surface area contributed by atoms with E-state index >= 15 is 4.39 Å². The van der Waals surface area contributed by atoms with Crippen molar-refractivity contribution in [3.63, 3.8) is 0 Å². The lowest BCUT2D eigenvalue weighted by atomic mass is 9.81. The van der Waals surface area contributed by atoms with E-state index < -0.39 is 5.67 Å². The average molecular weight is 402 g/mol. The third kappa shape index (κ3) is 4.83. The van der Waals surface area contributed by atoms with Crippen LogP contribution in [0.15, 0.2) is 18.2 Å². The van der Waals surface area contributed by atoms with Crippen molar-refractivity contribution < 1.29 is 4.39 Å². The first kappa shape index (κ1) is 20.2. The third-order valence-corrected chi connectivity index (χ3v) is 6.91. The van der Waals surface area contributed by atoms with Crippen molar-refractivity contribution in [3.8, 4) is 0 Å². The summed E-state index contributed by atoms with van der Waals surface area (Å²) in [6, 6.07) is 6.32. The number of halogens is 3. The molecule has 1 saturated heterocycles. The van der Waals surface area contributed by atoms with E-state index in [9.17, 15) is 0 Å². The maximum atomic E-state index is 15.1. The van der Waals surface area contributed by atoms with Crippen molar-refractivity contribution in [2.24, 2.45) is 0 Å². The van der Waals surface area contributed by atoms with Crippen molar-refractivity contribution >= 4 is 28.9 Å². The molecule has 146 valence electrons.